The molecule has 1 saturated heterocycles. The van der Waals surface area contributed by atoms with Gasteiger partial charge in [-0.05, 0) is 56.9 Å². The van der Waals surface area contributed by atoms with Crippen LogP contribution in [0.3, 0.4) is 0 Å². The van der Waals surface area contributed by atoms with Crippen LogP contribution in [0.15, 0.2) is 30.6 Å². The fourth-order valence-corrected chi connectivity index (χ4v) is 3.27. The minimum Gasteiger partial charge on any atom is -0.406 e. The molecule has 0 spiro atoms. The lowest BCUT2D eigenvalue weighted by atomic mass is 9.97. The zero-order valence-corrected chi connectivity index (χ0v) is 16.7. The summed E-state index contributed by atoms with van der Waals surface area (Å²) in [5.74, 6) is 0.627. The number of piperidine rings is 1. The molecule has 148 valence electrons. The monoisotopic (exact) mass is 402 g/mol. The molecule has 2 heterocycles. The number of halogens is 1. The summed E-state index contributed by atoms with van der Waals surface area (Å²) in [6, 6.07) is 6.80. The van der Waals surface area contributed by atoms with Gasteiger partial charge in [0, 0.05) is 30.2 Å². The maximum atomic E-state index is 12.4. The summed E-state index contributed by atoms with van der Waals surface area (Å²) in [5, 5.41) is 3.55. The first kappa shape index (κ1) is 20.1. The van der Waals surface area contributed by atoms with Gasteiger partial charge in [0.2, 0.25) is 0 Å². The quantitative estimate of drug-likeness (QED) is 0.847. The number of carbonyl (C=O) groups excluding carboxylic acids is 2. The highest BCUT2D eigenvalue weighted by Crippen LogP contribution is 2.22. The zero-order valence-electron chi connectivity index (χ0n) is 15.9. The average Bonchev–Trinajstić information content (AvgIpc) is 2.70. The highest BCUT2D eigenvalue weighted by Gasteiger charge is 2.25. The lowest BCUT2D eigenvalue weighted by Gasteiger charge is -2.31. The summed E-state index contributed by atoms with van der Waals surface area (Å²) in [4.78, 5) is 34.4. The molecule has 2 aromatic rings. The summed E-state index contributed by atoms with van der Waals surface area (Å²) in [7, 11) is 0. The third kappa shape index (κ3) is 4.98. The molecule has 1 fully saturated rings. The first-order valence-corrected chi connectivity index (χ1v) is 9.60. The van der Waals surface area contributed by atoms with Gasteiger partial charge in [-0.2, -0.15) is 0 Å². The Bertz CT molecular complexity index is 829. The Morgan fingerprint density at radius 3 is 2.36 bits per heavy atom. The number of carbonyl (C=O) groups is 2. The highest BCUT2D eigenvalue weighted by molar-refractivity contribution is 6.30. The van der Waals surface area contributed by atoms with E-state index in [-0.39, 0.29) is 12.0 Å². The molecule has 1 aliphatic heterocycles. The van der Waals surface area contributed by atoms with E-state index in [0.29, 0.717) is 53.3 Å². The molecule has 8 heteroatoms. The Hall–Kier alpha value is -2.67. The molecule has 1 N–H and O–H groups in total. The molecule has 2 amide bonds. The number of ether oxygens (including phenoxy) is 1. The van der Waals surface area contributed by atoms with Crippen molar-refractivity contribution >= 4 is 23.6 Å². The minimum atomic E-state index is -0.385. The van der Waals surface area contributed by atoms with Crippen molar-refractivity contribution in [2.24, 2.45) is 5.92 Å². The van der Waals surface area contributed by atoms with Crippen LogP contribution in [0.4, 0.5) is 4.79 Å². The molecular weight excluding hydrogens is 380 g/mol. The topological polar surface area (TPSA) is 84.4 Å². The van der Waals surface area contributed by atoms with Crippen LogP contribution in [-0.2, 0) is 0 Å². The molecule has 1 aromatic carbocycles. The van der Waals surface area contributed by atoms with Crippen LogP contribution in [-0.4, -0.2) is 46.5 Å². The van der Waals surface area contributed by atoms with E-state index in [1.54, 1.807) is 43.0 Å². The van der Waals surface area contributed by atoms with E-state index in [0.717, 1.165) is 12.8 Å². The van der Waals surface area contributed by atoms with Crippen LogP contribution in [0.2, 0.25) is 5.02 Å². The Morgan fingerprint density at radius 1 is 1.14 bits per heavy atom. The van der Waals surface area contributed by atoms with E-state index in [2.05, 4.69) is 15.3 Å². The van der Waals surface area contributed by atoms with Crippen LogP contribution < -0.4 is 10.1 Å². The number of aromatic nitrogens is 2. The van der Waals surface area contributed by atoms with Crippen molar-refractivity contribution in [3.63, 3.8) is 0 Å². The molecule has 0 bridgehead atoms. The number of rotatable bonds is 4. The molecule has 7 nitrogen and oxygen atoms in total. The predicted molar refractivity (Wildman–Crippen MR) is 106 cm³/mol. The summed E-state index contributed by atoms with van der Waals surface area (Å²) in [6.45, 7) is 5.33. The van der Waals surface area contributed by atoms with E-state index < -0.39 is 0 Å². The summed E-state index contributed by atoms with van der Waals surface area (Å²) in [6.07, 6.45) is 2.68. The Labute approximate surface area is 169 Å². The second kappa shape index (κ2) is 9.01. The Morgan fingerprint density at radius 2 is 1.75 bits per heavy atom. The van der Waals surface area contributed by atoms with Crippen LogP contribution >= 0.6 is 11.6 Å². The average molecular weight is 403 g/mol. The Kier molecular flexibility index (Phi) is 6.46. The number of hydrogen-bond donors (Lipinski definition) is 1. The molecular formula is C20H23ClN4O3. The molecule has 0 unspecified atom stereocenters. The maximum Gasteiger partial charge on any atom is 0.415 e. The van der Waals surface area contributed by atoms with Crippen LogP contribution in [0.25, 0.3) is 0 Å². The first-order valence-electron chi connectivity index (χ1n) is 9.22. The van der Waals surface area contributed by atoms with Crippen LogP contribution in [0.1, 0.15) is 34.6 Å². The van der Waals surface area contributed by atoms with E-state index in [1.807, 2.05) is 0 Å². The van der Waals surface area contributed by atoms with Gasteiger partial charge in [0.1, 0.15) is 6.33 Å². The van der Waals surface area contributed by atoms with Crippen LogP contribution in [0.5, 0.6) is 5.75 Å². The van der Waals surface area contributed by atoms with Gasteiger partial charge in [0.15, 0.2) is 5.75 Å². The third-order valence-electron chi connectivity index (χ3n) is 4.88. The van der Waals surface area contributed by atoms with Crippen LogP contribution in [0, 0.1) is 19.8 Å². The number of amides is 2. The largest absolute Gasteiger partial charge is 0.415 e. The second-order valence-corrected chi connectivity index (χ2v) is 7.33. The third-order valence-corrected chi connectivity index (χ3v) is 5.13. The van der Waals surface area contributed by atoms with Gasteiger partial charge in [-0.25, -0.2) is 14.8 Å². The maximum absolute atomic E-state index is 12.4. The normalized spacial score (nSPS) is 14.6. The van der Waals surface area contributed by atoms with Crippen molar-refractivity contribution in [1.82, 2.24) is 20.2 Å². The predicted octanol–water partition coefficient (Wildman–Crippen LogP) is 3.39. The second-order valence-electron chi connectivity index (χ2n) is 6.89. The summed E-state index contributed by atoms with van der Waals surface area (Å²) in [5.41, 5.74) is 1.86. The number of nitrogens with zero attached hydrogens (tertiary/aromatic N) is 3. The molecule has 1 aromatic heterocycles. The fraction of sp³-hybridized carbons (Fsp3) is 0.400. The first-order chi connectivity index (χ1) is 13.4. The van der Waals surface area contributed by atoms with Crippen molar-refractivity contribution < 1.29 is 14.3 Å². The van der Waals surface area contributed by atoms with E-state index in [9.17, 15) is 9.59 Å². The molecule has 0 saturated carbocycles. The van der Waals surface area contributed by atoms with Crippen molar-refractivity contribution in [3.05, 3.63) is 52.6 Å². The zero-order chi connectivity index (χ0) is 20.1. The highest BCUT2D eigenvalue weighted by atomic mass is 35.5. The minimum absolute atomic E-state index is 0.117. The van der Waals surface area contributed by atoms with E-state index >= 15 is 0 Å². The molecule has 0 atom stereocenters. The van der Waals surface area contributed by atoms with Gasteiger partial charge >= 0.3 is 6.09 Å². The summed E-state index contributed by atoms with van der Waals surface area (Å²) < 4.78 is 5.50. The van der Waals surface area contributed by atoms with E-state index in [4.69, 9.17) is 16.3 Å². The van der Waals surface area contributed by atoms with E-state index in [1.165, 1.54) is 6.33 Å². The van der Waals surface area contributed by atoms with Crippen molar-refractivity contribution in [2.45, 2.75) is 26.7 Å². The van der Waals surface area contributed by atoms with Gasteiger partial charge in [0.25, 0.3) is 5.91 Å². The summed E-state index contributed by atoms with van der Waals surface area (Å²) >= 11 is 5.84. The van der Waals surface area contributed by atoms with Crippen molar-refractivity contribution in [2.75, 3.05) is 19.6 Å². The molecule has 0 radical (unpaired) electrons. The number of aryl methyl sites for hydroxylation is 2. The number of benzene rings is 1. The smallest absolute Gasteiger partial charge is 0.406 e. The SMILES string of the molecule is Cc1ncnc(C)c1OC(=O)N1CCC(CNC(=O)c2ccc(Cl)cc2)CC1. The standard InChI is InChI=1S/C20H23ClN4O3/c1-13-18(14(2)24-12-23-13)28-20(27)25-9-7-15(8-10-25)11-22-19(26)16-3-5-17(21)6-4-16/h3-6,12,15H,7-11H2,1-2H3,(H,22,26). The molecule has 28 heavy (non-hydrogen) atoms. The Balaban J connectivity index is 1.46. The van der Waals surface area contributed by atoms with Crippen molar-refractivity contribution in [3.8, 4) is 5.75 Å². The number of likely N-dealkylation sites (tertiary alicyclic amines) is 1. The lowest BCUT2D eigenvalue weighted by molar-refractivity contribution is 0.0931. The number of nitrogens with one attached hydrogen (secondary N) is 1. The van der Waals surface area contributed by atoms with Crippen molar-refractivity contribution in [1.29, 1.82) is 0 Å². The van der Waals surface area contributed by atoms with Gasteiger partial charge in [0.05, 0.1) is 11.4 Å². The molecule has 3 rings (SSSR count). The van der Waals surface area contributed by atoms with Gasteiger partial charge in [-0.15, -0.1) is 0 Å². The lowest BCUT2D eigenvalue weighted by Crippen LogP contribution is -2.42. The molecule has 1 aliphatic rings. The fourth-order valence-electron chi connectivity index (χ4n) is 3.14. The van der Waals surface area contributed by atoms with Gasteiger partial charge in [-0.3, -0.25) is 4.79 Å². The number of hydrogen-bond acceptors (Lipinski definition) is 5. The van der Waals surface area contributed by atoms with Gasteiger partial charge in [-0.1, -0.05) is 11.6 Å². The molecule has 0 aliphatic carbocycles. The van der Waals surface area contributed by atoms with Gasteiger partial charge < -0.3 is 15.0 Å².